The number of aromatic nitrogens is 2. The Bertz CT molecular complexity index is 285. The van der Waals surface area contributed by atoms with Crippen molar-refractivity contribution in [2.45, 2.75) is 19.4 Å². The summed E-state index contributed by atoms with van der Waals surface area (Å²) < 4.78 is 6.14. The number of ether oxygens (including phenoxy) is 1. The zero-order valence-electron chi connectivity index (χ0n) is 7.36. The first-order valence-corrected chi connectivity index (χ1v) is 4.36. The van der Waals surface area contributed by atoms with Gasteiger partial charge in [0.25, 0.3) is 0 Å². The number of halogens is 1. The molecule has 5 heteroatoms. The zero-order chi connectivity index (χ0) is 9.68. The molecule has 0 aromatic carbocycles. The fraction of sp³-hybridized carbons (Fsp3) is 0.500. The van der Waals surface area contributed by atoms with E-state index in [1.165, 1.54) is 7.11 Å². The minimum Gasteiger partial charge on any atom is -0.469 e. The Balaban J connectivity index is 2.28. The Kier molecular flexibility index (Phi) is 3.76. The van der Waals surface area contributed by atoms with Crippen LogP contribution in [0.2, 0.25) is 5.15 Å². The maximum absolute atomic E-state index is 10.7. The van der Waals surface area contributed by atoms with Gasteiger partial charge in [0.05, 0.1) is 13.3 Å². The first-order chi connectivity index (χ1) is 6.24. The fourth-order valence-electron chi connectivity index (χ4n) is 0.956. The monoisotopic (exact) mass is 202 g/mol. The van der Waals surface area contributed by atoms with Crippen molar-refractivity contribution in [1.29, 1.82) is 0 Å². The Morgan fingerprint density at radius 3 is 3.08 bits per heavy atom. The summed E-state index contributed by atoms with van der Waals surface area (Å²) in [5.74, 6) is -0.205. The van der Waals surface area contributed by atoms with E-state index in [0.29, 0.717) is 24.5 Å². The molecule has 0 aliphatic carbocycles. The summed E-state index contributed by atoms with van der Waals surface area (Å²) >= 11 is 5.77. The number of carbonyl (C=O) groups is 1. The number of hydrogen-bond donors (Lipinski definition) is 0. The molecule has 1 aromatic heterocycles. The van der Waals surface area contributed by atoms with Crippen LogP contribution in [-0.2, 0) is 16.1 Å². The smallest absolute Gasteiger partial charge is 0.305 e. The SMILES string of the molecule is COC(=O)CCCn1nccc1Cl. The lowest BCUT2D eigenvalue weighted by atomic mass is 10.3. The number of esters is 1. The lowest BCUT2D eigenvalue weighted by molar-refractivity contribution is -0.140. The summed E-state index contributed by atoms with van der Waals surface area (Å²) in [6.45, 7) is 0.640. The first kappa shape index (κ1) is 10.1. The van der Waals surface area contributed by atoms with Crippen LogP contribution >= 0.6 is 11.6 Å². The van der Waals surface area contributed by atoms with Gasteiger partial charge in [-0.25, -0.2) is 0 Å². The molecule has 0 atom stereocenters. The molecule has 0 aliphatic heterocycles. The van der Waals surface area contributed by atoms with Gasteiger partial charge in [-0.05, 0) is 12.5 Å². The number of nitrogens with zero attached hydrogens (tertiary/aromatic N) is 2. The third kappa shape index (κ3) is 3.06. The van der Waals surface area contributed by atoms with Crippen molar-refractivity contribution in [1.82, 2.24) is 9.78 Å². The standard InChI is InChI=1S/C8H11ClN2O2/c1-13-8(12)3-2-6-11-7(9)4-5-10-11/h4-5H,2-3,6H2,1H3. The molecular weight excluding hydrogens is 192 g/mol. The highest BCUT2D eigenvalue weighted by Gasteiger charge is 2.02. The van der Waals surface area contributed by atoms with Crippen molar-refractivity contribution in [3.05, 3.63) is 17.4 Å². The van der Waals surface area contributed by atoms with Crippen molar-refractivity contribution in [3.63, 3.8) is 0 Å². The Morgan fingerprint density at radius 1 is 1.77 bits per heavy atom. The molecule has 13 heavy (non-hydrogen) atoms. The number of methoxy groups -OCH3 is 1. The van der Waals surface area contributed by atoms with E-state index in [0.717, 1.165) is 0 Å². The first-order valence-electron chi connectivity index (χ1n) is 3.98. The van der Waals surface area contributed by atoms with E-state index in [-0.39, 0.29) is 5.97 Å². The molecule has 0 N–H and O–H groups in total. The number of rotatable bonds is 4. The van der Waals surface area contributed by atoms with E-state index in [2.05, 4.69) is 9.84 Å². The van der Waals surface area contributed by atoms with Crippen molar-refractivity contribution in [3.8, 4) is 0 Å². The second kappa shape index (κ2) is 4.87. The molecule has 0 bridgehead atoms. The van der Waals surface area contributed by atoms with Crippen LogP contribution in [0.3, 0.4) is 0 Å². The largest absolute Gasteiger partial charge is 0.469 e. The summed E-state index contributed by atoms with van der Waals surface area (Å²) in [6.07, 6.45) is 2.71. The third-order valence-electron chi connectivity index (χ3n) is 1.64. The molecule has 4 nitrogen and oxygen atoms in total. The molecule has 1 aromatic rings. The molecule has 0 saturated heterocycles. The van der Waals surface area contributed by atoms with E-state index >= 15 is 0 Å². The lowest BCUT2D eigenvalue weighted by Crippen LogP contribution is -2.05. The predicted octanol–water partition coefficient (Wildman–Crippen LogP) is 1.49. The fourth-order valence-corrected chi connectivity index (χ4v) is 1.14. The quantitative estimate of drug-likeness (QED) is 0.695. The number of carbonyl (C=O) groups excluding carboxylic acids is 1. The van der Waals surface area contributed by atoms with E-state index in [9.17, 15) is 4.79 Å². The second-order valence-corrected chi connectivity index (χ2v) is 2.94. The van der Waals surface area contributed by atoms with Crippen molar-refractivity contribution in [2.24, 2.45) is 0 Å². The highest BCUT2D eigenvalue weighted by atomic mass is 35.5. The van der Waals surface area contributed by atoms with Gasteiger partial charge in [0, 0.05) is 13.0 Å². The maximum atomic E-state index is 10.7. The minimum atomic E-state index is -0.205. The molecule has 1 heterocycles. The van der Waals surface area contributed by atoms with Gasteiger partial charge in [-0.3, -0.25) is 9.48 Å². The zero-order valence-corrected chi connectivity index (χ0v) is 8.12. The van der Waals surface area contributed by atoms with Crippen LogP contribution in [0.15, 0.2) is 12.3 Å². The van der Waals surface area contributed by atoms with Crippen molar-refractivity contribution < 1.29 is 9.53 Å². The molecule has 0 spiro atoms. The van der Waals surface area contributed by atoms with Crippen LogP contribution in [-0.4, -0.2) is 22.9 Å². The van der Waals surface area contributed by atoms with Gasteiger partial charge in [-0.2, -0.15) is 5.10 Å². The topological polar surface area (TPSA) is 44.1 Å². The summed E-state index contributed by atoms with van der Waals surface area (Å²) in [5.41, 5.74) is 0. The Hall–Kier alpha value is -1.03. The lowest BCUT2D eigenvalue weighted by Gasteiger charge is -2.01. The van der Waals surface area contributed by atoms with E-state index in [4.69, 9.17) is 11.6 Å². The number of hydrogen-bond acceptors (Lipinski definition) is 3. The normalized spacial score (nSPS) is 10.0. The summed E-state index contributed by atoms with van der Waals surface area (Å²) in [4.78, 5) is 10.7. The molecule has 0 unspecified atom stereocenters. The molecule has 72 valence electrons. The van der Waals surface area contributed by atoms with E-state index in [1.807, 2.05) is 0 Å². The molecule has 0 aliphatic rings. The van der Waals surface area contributed by atoms with Crippen LogP contribution in [0.4, 0.5) is 0 Å². The third-order valence-corrected chi connectivity index (χ3v) is 1.96. The van der Waals surface area contributed by atoms with Gasteiger partial charge in [0.1, 0.15) is 5.15 Å². The van der Waals surface area contributed by atoms with E-state index in [1.54, 1.807) is 16.9 Å². The summed E-state index contributed by atoms with van der Waals surface area (Å²) in [5, 5.41) is 4.56. The van der Waals surface area contributed by atoms with Crippen LogP contribution in [0.25, 0.3) is 0 Å². The summed E-state index contributed by atoms with van der Waals surface area (Å²) in [7, 11) is 1.38. The van der Waals surface area contributed by atoms with Crippen LogP contribution in [0.1, 0.15) is 12.8 Å². The highest BCUT2D eigenvalue weighted by molar-refractivity contribution is 6.29. The Labute approximate surface area is 81.4 Å². The highest BCUT2D eigenvalue weighted by Crippen LogP contribution is 2.07. The molecular formula is C8H11ClN2O2. The second-order valence-electron chi connectivity index (χ2n) is 2.56. The van der Waals surface area contributed by atoms with Gasteiger partial charge in [-0.15, -0.1) is 0 Å². The molecule has 0 fully saturated rings. The van der Waals surface area contributed by atoms with Gasteiger partial charge in [-0.1, -0.05) is 11.6 Å². The predicted molar refractivity (Wildman–Crippen MR) is 48.5 cm³/mol. The molecule has 1 rings (SSSR count). The van der Waals surface area contributed by atoms with Crippen LogP contribution < -0.4 is 0 Å². The van der Waals surface area contributed by atoms with Crippen LogP contribution in [0.5, 0.6) is 0 Å². The van der Waals surface area contributed by atoms with Gasteiger partial charge in [0.15, 0.2) is 0 Å². The average Bonchev–Trinajstić information content (AvgIpc) is 2.52. The molecule has 0 amide bonds. The molecule has 0 saturated carbocycles. The van der Waals surface area contributed by atoms with Gasteiger partial charge < -0.3 is 4.74 Å². The minimum absolute atomic E-state index is 0.205. The number of aryl methyl sites for hydroxylation is 1. The van der Waals surface area contributed by atoms with E-state index < -0.39 is 0 Å². The summed E-state index contributed by atoms with van der Waals surface area (Å²) in [6, 6.07) is 1.71. The Morgan fingerprint density at radius 2 is 2.54 bits per heavy atom. The van der Waals surface area contributed by atoms with Crippen molar-refractivity contribution >= 4 is 17.6 Å². The maximum Gasteiger partial charge on any atom is 0.305 e. The van der Waals surface area contributed by atoms with Gasteiger partial charge in [0.2, 0.25) is 0 Å². The molecule has 0 radical (unpaired) electrons. The average molecular weight is 203 g/mol. The van der Waals surface area contributed by atoms with Crippen molar-refractivity contribution in [2.75, 3.05) is 7.11 Å². The van der Waals surface area contributed by atoms with Crippen LogP contribution in [0, 0.1) is 0 Å². The van der Waals surface area contributed by atoms with Gasteiger partial charge >= 0.3 is 5.97 Å².